The second-order valence-electron chi connectivity index (χ2n) is 4.12. The van der Waals surface area contributed by atoms with Gasteiger partial charge < -0.3 is 9.84 Å². The maximum Gasteiger partial charge on any atom is 0.343 e. The molecule has 0 heterocycles. The SMILES string of the molecule is O=C(O)c1c(COc2cccc(Cl)c2)cccc1[N+](=O)[O-]. The van der Waals surface area contributed by atoms with Gasteiger partial charge in [-0.25, -0.2) is 4.79 Å². The highest BCUT2D eigenvalue weighted by Gasteiger charge is 2.23. The van der Waals surface area contributed by atoms with Crippen molar-refractivity contribution >= 4 is 23.3 Å². The minimum Gasteiger partial charge on any atom is -0.489 e. The van der Waals surface area contributed by atoms with E-state index in [1.807, 2.05) is 0 Å². The molecule has 0 aromatic heterocycles. The molecule has 6 nitrogen and oxygen atoms in total. The predicted octanol–water partition coefficient (Wildman–Crippen LogP) is 3.53. The quantitative estimate of drug-likeness (QED) is 0.674. The van der Waals surface area contributed by atoms with Crippen LogP contribution < -0.4 is 4.74 Å². The Morgan fingerprint density at radius 3 is 2.62 bits per heavy atom. The van der Waals surface area contributed by atoms with Crippen molar-refractivity contribution in [3.63, 3.8) is 0 Å². The first-order valence-corrected chi connectivity index (χ1v) is 6.25. The lowest BCUT2D eigenvalue weighted by Crippen LogP contribution is -2.09. The first-order valence-electron chi connectivity index (χ1n) is 5.87. The lowest BCUT2D eigenvalue weighted by Gasteiger charge is -2.09. The number of nitro groups is 1. The Hall–Kier alpha value is -2.60. The Morgan fingerprint density at radius 1 is 1.29 bits per heavy atom. The van der Waals surface area contributed by atoms with Crippen LogP contribution in [0.1, 0.15) is 15.9 Å². The van der Waals surface area contributed by atoms with E-state index in [0.29, 0.717) is 10.8 Å². The van der Waals surface area contributed by atoms with Gasteiger partial charge in [-0.15, -0.1) is 0 Å². The molecule has 2 rings (SSSR count). The highest BCUT2D eigenvalue weighted by atomic mass is 35.5. The van der Waals surface area contributed by atoms with Crippen LogP contribution in [0.4, 0.5) is 5.69 Å². The van der Waals surface area contributed by atoms with Gasteiger partial charge in [0.2, 0.25) is 0 Å². The standard InChI is InChI=1S/C14H10ClNO5/c15-10-4-2-5-11(7-10)21-8-9-3-1-6-12(16(19)20)13(9)14(17)18/h1-7H,8H2,(H,17,18). The van der Waals surface area contributed by atoms with Crippen LogP contribution in [-0.2, 0) is 6.61 Å². The zero-order valence-corrected chi connectivity index (χ0v) is 11.4. The van der Waals surface area contributed by atoms with E-state index in [1.54, 1.807) is 24.3 Å². The Labute approximate surface area is 124 Å². The average molecular weight is 308 g/mol. The summed E-state index contributed by atoms with van der Waals surface area (Å²) in [5, 5.41) is 20.5. The predicted molar refractivity (Wildman–Crippen MR) is 75.8 cm³/mol. The fourth-order valence-electron chi connectivity index (χ4n) is 1.82. The van der Waals surface area contributed by atoms with Crippen LogP contribution >= 0.6 is 11.6 Å². The number of benzene rings is 2. The molecule has 0 aliphatic carbocycles. The Morgan fingerprint density at radius 2 is 2.00 bits per heavy atom. The second kappa shape index (κ2) is 6.23. The number of carbonyl (C=O) groups is 1. The van der Waals surface area contributed by atoms with Gasteiger partial charge in [0.15, 0.2) is 0 Å². The normalized spacial score (nSPS) is 10.1. The molecule has 21 heavy (non-hydrogen) atoms. The highest BCUT2D eigenvalue weighted by Crippen LogP contribution is 2.24. The summed E-state index contributed by atoms with van der Waals surface area (Å²) in [5.74, 6) is -0.919. The van der Waals surface area contributed by atoms with Crippen LogP contribution in [0.2, 0.25) is 5.02 Å². The van der Waals surface area contributed by atoms with Crippen LogP contribution in [-0.4, -0.2) is 16.0 Å². The molecule has 0 atom stereocenters. The minimum atomic E-state index is -1.37. The second-order valence-corrected chi connectivity index (χ2v) is 4.56. The van der Waals surface area contributed by atoms with Gasteiger partial charge in [0.05, 0.1) is 4.92 Å². The van der Waals surface area contributed by atoms with E-state index in [4.69, 9.17) is 21.4 Å². The Bertz CT molecular complexity index is 702. The van der Waals surface area contributed by atoms with Gasteiger partial charge in [0.25, 0.3) is 5.69 Å². The summed E-state index contributed by atoms with van der Waals surface area (Å²) in [7, 11) is 0. The number of halogens is 1. The third-order valence-electron chi connectivity index (χ3n) is 2.73. The van der Waals surface area contributed by atoms with Gasteiger partial charge >= 0.3 is 5.97 Å². The van der Waals surface area contributed by atoms with Gasteiger partial charge in [-0.05, 0) is 18.2 Å². The molecule has 0 saturated heterocycles. The summed E-state index contributed by atoms with van der Waals surface area (Å²) in [6.45, 7) is -0.107. The van der Waals surface area contributed by atoms with Crippen molar-refractivity contribution in [2.75, 3.05) is 0 Å². The van der Waals surface area contributed by atoms with Gasteiger partial charge in [-0.2, -0.15) is 0 Å². The molecule has 0 aliphatic heterocycles. The zero-order chi connectivity index (χ0) is 15.4. The molecule has 0 aliphatic rings. The first-order chi connectivity index (χ1) is 9.99. The summed E-state index contributed by atoms with van der Waals surface area (Å²) < 4.78 is 5.43. The van der Waals surface area contributed by atoms with Gasteiger partial charge in [0, 0.05) is 16.7 Å². The third-order valence-corrected chi connectivity index (χ3v) is 2.96. The maximum absolute atomic E-state index is 11.2. The molecule has 0 fully saturated rings. The van der Waals surface area contributed by atoms with Crippen molar-refractivity contribution in [3.05, 3.63) is 68.7 Å². The fourth-order valence-corrected chi connectivity index (χ4v) is 2.00. The van der Waals surface area contributed by atoms with Crippen molar-refractivity contribution < 1.29 is 19.6 Å². The number of aromatic carboxylic acids is 1. The molecular formula is C14H10ClNO5. The lowest BCUT2D eigenvalue weighted by atomic mass is 10.1. The van der Waals surface area contributed by atoms with Crippen LogP contribution in [0.25, 0.3) is 0 Å². The largest absolute Gasteiger partial charge is 0.489 e. The van der Waals surface area contributed by atoms with E-state index in [0.717, 1.165) is 6.07 Å². The van der Waals surface area contributed by atoms with Crippen molar-refractivity contribution in [1.82, 2.24) is 0 Å². The van der Waals surface area contributed by atoms with E-state index in [-0.39, 0.29) is 17.7 Å². The first kappa shape index (κ1) is 14.8. The molecule has 108 valence electrons. The summed E-state index contributed by atoms with van der Waals surface area (Å²) in [6, 6.07) is 10.6. The van der Waals surface area contributed by atoms with Crippen molar-refractivity contribution in [3.8, 4) is 5.75 Å². The maximum atomic E-state index is 11.2. The summed E-state index contributed by atoms with van der Waals surface area (Å²) in [4.78, 5) is 21.4. The van der Waals surface area contributed by atoms with Crippen molar-refractivity contribution in [2.24, 2.45) is 0 Å². The molecule has 0 amide bonds. The topological polar surface area (TPSA) is 89.7 Å². The highest BCUT2D eigenvalue weighted by molar-refractivity contribution is 6.30. The monoisotopic (exact) mass is 307 g/mol. The molecule has 0 saturated carbocycles. The fraction of sp³-hybridized carbons (Fsp3) is 0.0714. The number of hydrogen-bond donors (Lipinski definition) is 1. The molecule has 0 radical (unpaired) electrons. The molecule has 2 aromatic carbocycles. The average Bonchev–Trinajstić information content (AvgIpc) is 2.44. The number of rotatable bonds is 5. The molecule has 2 aromatic rings. The minimum absolute atomic E-state index is 0.107. The van der Waals surface area contributed by atoms with Crippen LogP contribution in [0.5, 0.6) is 5.75 Å². The number of carboxylic acids is 1. The van der Waals surface area contributed by atoms with E-state index < -0.39 is 16.6 Å². The van der Waals surface area contributed by atoms with Crippen molar-refractivity contribution in [1.29, 1.82) is 0 Å². The van der Waals surface area contributed by atoms with E-state index in [1.165, 1.54) is 12.1 Å². The summed E-state index contributed by atoms with van der Waals surface area (Å²) in [5.41, 5.74) is -0.615. The Balaban J connectivity index is 2.30. The van der Waals surface area contributed by atoms with Gasteiger partial charge in [-0.3, -0.25) is 10.1 Å². The third kappa shape index (κ3) is 3.49. The van der Waals surface area contributed by atoms with Crippen LogP contribution in [0.15, 0.2) is 42.5 Å². The number of nitrogens with zero attached hydrogens (tertiary/aromatic N) is 1. The smallest absolute Gasteiger partial charge is 0.343 e. The van der Waals surface area contributed by atoms with E-state index in [9.17, 15) is 14.9 Å². The lowest BCUT2D eigenvalue weighted by molar-refractivity contribution is -0.385. The molecular weight excluding hydrogens is 298 g/mol. The summed E-state index contributed by atoms with van der Waals surface area (Å²) in [6.07, 6.45) is 0. The summed E-state index contributed by atoms with van der Waals surface area (Å²) >= 11 is 5.81. The van der Waals surface area contributed by atoms with Crippen molar-refractivity contribution in [2.45, 2.75) is 6.61 Å². The van der Waals surface area contributed by atoms with Crippen LogP contribution in [0.3, 0.4) is 0 Å². The van der Waals surface area contributed by atoms with Gasteiger partial charge in [-0.1, -0.05) is 29.8 Å². The molecule has 0 bridgehead atoms. The van der Waals surface area contributed by atoms with Gasteiger partial charge in [0.1, 0.15) is 17.9 Å². The molecule has 0 unspecified atom stereocenters. The molecule has 7 heteroatoms. The number of carboxylic acid groups (broad SMARTS) is 1. The molecule has 1 N–H and O–H groups in total. The Kier molecular flexibility index (Phi) is 4.39. The van der Waals surface area contributed by atoms with E-state index >= 15 is 0 Å². The molecule has 0 spiro atoms. The number of ether oxygens (including phenoxy) is 1. The zero-order valence-electron chi connectivity index (χ0n) is 10.7. The number of nitro benzene ring substituents is 1. The van der Waals surface area contributed by atoms with Crippen LogP contribution in [0, 0.1) is 10.1 Å². The van der Waals surface area contributed by atoms with E-state index in [2.05, 4.69) is 0 Å². The number of hydrogen-bond acceptors (Lipinski definition) is 4.